The fourth-order valence-electron chi connectivity index (χ4n) is 3.28. The second kappa shape index (κ2) is 10.6. The lowest BCUT2D eigenvalue weighted by Crippen LogP contribution is -2.45. The molecule has 2 saturated heterocycles. The molecule has 0 bridgehead atoms. The van der Waals surface area contributed by atoms with E-state index in [1.165, 1.54) is 4.88 Å². The lowest BCUT2D eigenvalue weighted by atomic mass is 10.1. The van der Waals surface area contributed by atoms with Crippen molar-refractivity contribution < 1.29 is 9.53 Å². The fraction of sp³-hybridized carbons (Fsp3) is 0.688. The first kappa shape index (κ1) is 21.7. The predicted molar refractivity (Wildman–Crippen MR) is 103 cm³/mol. The number of carbonyl (C=O) groups excluding carboxylic acids is 1. The average Bonchev–Trinajstić information content (AvgIpc) is 3.25. The van der Waals surface area contributed by atoms with Crippen molar-refractivity contribution in [1.82, 2.24) is 15.1 Å². The molecule has 24 heavy (non-hydrogen) atoms. The van der Waals surface area contributed by atoms with Crippen LogP contribution >= 0.6 is 36.2 Å². The zero-order valence-corrected chi connectivity index (χ0v) is 16.4. The van der Waals surface area contributed by atoms with Gasteiger partial charge < -0.3 is 15.0 Å². The van der Waals surface area contributed by atoms with Gasteiger partial charge in [-0.3, -0.25) is 9.69 Å². The Morgan fingerprint density at radius 2 is 2.21 bits per heavy atom. The van der Waals surface area contributed by atoms with Gasteiger partial charge in [-0.1, -0.05) is 6.07 Å². The van der Waals surface area contributed by atoms with E-state index in [1.54, 1.807) is 11.3 Å². The molecule has 2 unspecified atom stereocenters. The number of ether oxygens (including phenoxy) is 1. The molecule has 2 aliphatic rings. The highest BCUT2D eigenvalue weighted by Crippen LogP contribution is 2.27. The Hall–Kier alpha value is -0.370. The molecule has 0 saturated carbocycles. The highest BCUT2D eigenvalue weighted by atomic mass is 35.5. The maximum absolute atomic E-state index is 12.6. The minimum Gasteiger partial charge on any atom is -0.379 e. The van der Waals surface area contributed by atoms with Gasteiger partial charge in [0.25, 0.3) is 0 Å². The first-order chi connectivity index (χ1) is 10.8. The summed E-state index contributed by atoms with van der Waals surface area (Å²) in [6, 6.07) is 4.56. The molecule has 8 heteroatoms. The molecule has 0 spiro atoms. The molecule has 2 fully saturated rings. The first-order valence-corrected chi connectivity index (χ1v) is 8.94. The molecule has 3 heterocycles. The van der Waals surface area contributed by atoms with Crippen LogP contribution in [0.4, 0.5) is 0 Å². The highest BCUT2D eigenvalue weighted by Gasteiger charge is 2.30. The maximum Gasteiger partial charge on any atom is 0.226 e. The number of thiophene rings is 1. The number of nitrogens with one attached hydrogen (secondary N) is 1. The fourth-order valence-corrected chi connectivity index (χ4v) is 4.13. The van der Waals surface area contributed by atoms with E-state index in [0.717, 1.165) is 52.4 Å². The molecule has 0 radical (unpaired) electrons. The molecule has 2 atom stereocenters. The predicted octanol–water partition coefficient (Wildman–Crippen LogP) is 2.03. The summed E-state index contributed by atoms with van der Waals surface area (Å²) >= 11 is 1.78. The summed E-state index contributed by atoms with van der Waals surface area (Å²) in [4.78, 5) is 18.3. The van der Waals surface area contributed by atoms with Crippen LogP contribution in [0.3, 0.4) is 0 Å². The minimum atomic E-state index is 0. The second-order valence-electron chi connectivity index (χ2n) is 6.09. The van der Waals surface area contributed by atoms with Crippen molar-refractivity contribution in [2.24, 2.45) is 5.92 Å². The zero-order chi connectivity index (χ0) is 15.4. The van der Waals surface area contributed by atoms with E-state index < -0.39 is 0 Å². The number of amides is 1. The van der Waals surface area contributed by atoms with Gasteiger partial charge in [-0.05, 0) is 24.4 Å². The van der Waals surface area contributed by atoms with E-state index in [1.807, 2.05) is 11.9 Å². The van der Waals surface area contributed by atoms with Gasteiger partial charge >= 0.3 is 0 Å². The molecule has 1 N–H and O–H groups in total. The third-order valence-electron chi connectivity index (χ3n) is 4.59. The van der Waals surface area contributed by atoms with Crippen LogP contribution in [0.1, 0.15) is 17.3 Å². The zero-order valence-electron chi connectivity index (χ0n) is 14.0. The van der Waals surface area contributed by atoms with Crippen molar-refractivity contribution in [3.63, 3.8) is 0 Å². The van der Waals surface area contributed by atoms with E-state index in [9.17, 15) is 4.79 Å². The summed E-state index contributed by atoms with van der Waals surface area (Å²) in [6.07, 6.45) is 0.963. The van der Waals surface area contributed by atoms with Crippen molar-refractivity contribution >= 4 is 42.1 Å². The van der Waals surface area contributed by atoms with Crippen molar-refractivity contribution in [2.45, 2.75) is 12.5 Å². The number of halogens is 2. The normalized spacial score (nSPS) is 22.3. The number of nitrogens with zero attached hydrogens (tertiary/aromatic N) is 2. The van der Waals surface area contributed by atoms with Crippen LogP contribution in [0.15, 0.2) is 17.5 Å². The summed E-state index contributed by atoms with van der Waals surface area (Å²) in [6.45, 7) is 5.99. The van der Waals surface area contributed by atoms with Crippen LogP contribution in [0.5, 0.6) is 0 Å². The molecule has 1 amide bonds. The van der Waals surface area contributed by atoms with Crippen LogP contribution < -0.4 is 5.32 Å². The molecule has 1 aromatic heterocycles. The molecule has 5 nitrogen and oxygen atoms in total. The lowest BCUT2D eigenvalue weighted by Gasteiger charge is -2.36. The average molecular weight is 396 g/mol. The van der Waals surface area contributed by atoms with Gasteiger partial charge in [0.15, 0.2) is 0 Å². The topological polar surface area (TPSA) is 44.8 Å². The lowest BCUT2D eigenvalue weighted by molar-refractivity contribution is -0.134. The van der Waals surface area contributed by atoms with E-state index >= 15 is 0 Å². The Morgan fingerprint density at radius 3 is 2.79 bits per heavy atom. The monoisotopic (exact) mass is 395 g/mol. The molecule has 138 valence electrons. The standard InChI is InChI=1S/C16H25N3O2S.2ClH/c1-18(16(20)13-4-5-17-11-13)12-14(15-3-2-10-22-15)19-6-8-21-9-7-19;;/h2-3,10,13-14,17H,4-9,11-12H2,1H3;2*1H. The summed E-state index contributed by atoms with van der Waals surface area (Å²) in [7, 11) is 1.95. The quantitative estimate of drug-likeness (QED) is 0.828. The van der Waals surface area contributed by atoms with Crippen molar-refractivity contribution in [3.8, 4) is 0 Å². The number of hydrogen-bond acceptors (Lipinski definition) is 5. The number of carbonyl (C=O) groups is 1. The van der Waals surface area contributed by atoms with Gasteiger partial charge in [-0.2, -0.15) is 0 Å². The largest absolute Gasteiger partial charge is 0.379 e. The molecule has 0 aromatic carbocycles. The highest BCUT2D eigenvalue weighted by molar-refractivity contribution is 7.10. The molecular weight excluding hydrogens is 369 g/mol. The third-order valence-corrected chi connectivity index (χ3v) is 5.56. The van der Waals surface area contributed by atoms with E-state index in [-0.39, 0.29) is 42.7 Å². The number of morpholine rings is 1. The first-order valence-electron chi connectivity index (χ1n) is 8.06. The Bertz CT molecular complexity index is 478. The van der Waals surface area contributed by atoms with Gasteiger partial charge in [0.05, 0.1) is 25.2 Å². The van der Waals surface area contributed by atoms with Gasteiger partial charge in [0.2, 0.25) is 5.91 Å². The Kier molecular flexibility index (Phi) is 9.56. The Morgan fingerprint density at radius 1 is 1.46 bits per heavy atom. The summed E-state index contributed by atoms with van der Waals surface area (Å²) in [5.74, 6) is 0.429. The molecule has 1 aromatic rings. The van der Waals surface area contributed by atoms with Gasteiger partial charge in [-0.15, -0.1) is 36.2 Å². The van der Waals surface area contributed by atoms with Gasteiger partial charge in [0, 0.05) is 38.1 Å². The van der Waals surface area contributed by atoms with Crippen LogP contribution in [0.25, 0.3) is 0 Å². The van der Waals surface area contributed by atoms with Crippen LogP contribution in [-0.4, -0.2) is 68.7 Å². The van der Waals surface area contributed by atoms with E-state index in [2.05, 4.69) is 27.7 Å². The third kappa shape index (κ3) is 5.31. The summed E-state index contributed by atoms with van der Waals surface area (Å²) < 4.78 is 5.47. The maximum atomic E-state index is 12.6. The van der Waals surface area contributed by atoms with Gasteiger partial charge in [-0.25, -0.2) is 0 Å². The molecular formula is C16H27Cl2N3O2S. The number of rotatable bonds is 5. The molecule has 0 aliphatic carbocycles. The van der Waals surface area contributed by atoms with Crippen molar-refractivity contribution in [3.05, 3.63) is 22.4 Å². The van der Waals surface area contributed by atoms with Crippen LogP contribution in [0, 0.1) is 5.92 Å². The molecule has 3 rings (SSSR count). The SMILES string of the molecule is CN(CC(c1cccs1)N1CCOCC1)C(=O)C1CCNC1.Cl.Cl. The second-order valence-corrected chi connectivity index (χ2v) is 7.07. The summed E-state index contributed by atoms with van der Waals surface area (Å²) in [5, 5.41) is 5.40. The van der Waals surface area contributed by atoms with Gasteiger partial charge in [0.1, 0.15) is 0 Å². The molecule has 2 aliphatic heterocycles. The smallest absolute Gasteiger partial charge is 0.226 e. The minimum absolute atomic E-state index is 0. The van der Waals surface area contributed by atoms with Crippen LogP contribution in [-0.2, 0) is 9.53 Å². The van der Waals surface area contributed by atoms with Crippen molar-refractivity contribution in [2.75, 3.05) is 53.0 Å². The Labute approximate surface area is 160 Å². The van der Waals surface area contributed by atoms with E-state index in [4.69, 9.17) is 4.74 Å². The number of likely N-dealkylation sites (N-methyl/N-ethyl adjacent to an activating group) is 1. The number of hydrogen-bond donors (Lipinski definition) is 1. The van der Waals surface area contributed by atoms with Crippen molar-refractivity contribution in [1.29, 1.82) is 0 Å². The Balaban J connectivity index is 0.00000144. The van der Waals surface area contributed by atoms with E-state index in [0.29, 0.717) is 0 Å². The van der Waals surface area contributed by atoms with Crippen LogP contribution in [0.2, 0.25) is 0 Å². The summed E-state index contributed by atoms with van der Waals surface area (Å²) in [5.41, 5.74) is 0.